The van der Waals surface area contributed by atoms with E-state index in [0.29, 0.717) is 12.4 Å². The number of carbonyl (C=O) groups is 1. The van der Waals surface area contributed by atoms with Gasteiger partial charge in [-0.1, -0.05) is 6.92 Å². The average Bonchev–Trinajstić information content (AvgIpc) is 2.84. The van der Waals surface area contributed by atoms with Gasteiger partial charge in [0.1, 0.15) is 5.76 Å². The van der Waals surface area contributed by atoms with Gasteiger partial charge in [0.05, 0.1) is 18.3 Å². The molecule has 0 aliphatic carbocycles. The summed E-state index contributed by atoms with van der Waals surface area (Å²) in [6.07, 6.45) is 2.49. The van der Waals surface area contributed by atoms with Crippen LogP contribution in [0.1, 0.15) is 28.9 Å². The number of aromatic nitrogens is 1. The molecule has 0 bridgehead atoms. The summed E-state index contributed by atoms with van der Waals surface area (Å²) >= 11 is 0. The van der Waals surface area contributed by atoms with Crippen LogP contribution in [-0.2, 0) is 13.0 Å². The number of anilines is 2. The molecule has 2 rings (SSSR count). The highest BCUT2D eigenvalue weighted by atomic mass is 16.4. The summed E-state index contributed by atoms with van der Waals surface area (Å²) in [4.78, 5) is 14.9. The Bertz CT molecular complexity index is 593. The first-order valence-electron chi connectivity index (χ1n) is 5.90. The topological polar surface area (TPSA) is 101 Å². The van der Waals surface area contributed by atoms with Gasteiger partial charge in [-0.3, -0.25) is 0 Å². The van der Waals surface area contributed by atoms with Crippen molar-refractivity contribution in [3.05, 3.63) is 41.6 Å². The standard InChI is InChI=1S/C13H15N3O3/c1-2-9-6-16-12(19-9)7-15-8-3-4-10(13(17)18)11(14)5-8/h3-6,15H,2,7,14H2,1H3,(H,17,18). The maximum atomic E-state index is 10.8. The zero-order valence-electron chi connectivity index (χ0n) is 10.5. The van der Waals surface area contributed by atoms with Crippen LogP contribution in [0.3, 0.4) is 0 Å². The molecule has 1 aromatic heterocycles. The second-order valence-corrected chi connectivity index (χ2v) is 4.03. The third-order valence-electron chi connectivity index (χ3n) is 2.68. The van der Waals surface area contributed by atoms with E-state index in [2.05, 4.69) is 10.3 Å². The summed E-state index contributed by atoms with van der Waals surface area (Å²) in [5.41, 5.74) is 6.69. The quantitative estimate of drug-likeness (QED) is 0.713. The van der Waals surface area contributed by atoms with E-state index in [0.717, 1.165) is 17.9 Å². The van der Waals surface area contributed by atoms with Crippen LogP contribution in [0.5, 0.6) is 0 Å². The number of nitrogens with two attached hydrogens (primary N) is 1. The van der Waals surface area contributed by atoms with E-state index in [1.807, 2.05) is 6.92 Å². The number of aryl methyl sites for hydroxylation is 1. The van der Waals surface area contributed by atoms with Gasteiger partial charge in [0.25, 0.3) is 0 Å². The van der Waals surface area contributed by atoms with E-state index in [4.69, 9.17) is 15.3 Å². The Balaban J connectivity index is 2.03. The lowest BCUT2D eigenvalue weighted by Crippen LogP contribution is -2.04. The number of nitrogens with one attached hydrogen (secondary N) is 1. The Morgan fingerprint density at radius 1 is 1.53 bits per heavy atom. The molecule has 0 fully saturated rings. The van der Waals surface area contributed by atoms with Gasteiger partial charge in [-0.15, -0.1) is 0 Å². The van der Waals surface area contributed by atoms with Crippen molar-refractivity contribution in [1.82, 2.24) is 4.98 Å². The van der Waals surface area contributed by atoms with Gasteiger partial charge in [0, 0.05) is 17.8 Å². The SMILES string of the molecule is CCc1cnc(CNc2ccc(C(=O)O)c(N)c2)o1. The Morgan fingerprint density at radius 2 is 2.32 bits per heavy atom. The van der Waals surface area contributed by atoms with Gasteiger partial charge in [0.2, 0.25) is 5.89 Å². The normalized spacial score (nSPS) is 10.4. The fraction of sp³-hybridized carbons (Fsp3) is 0.231. The molecule has 1 heterocycles. The highest BCUT2D eigenvalue weighted by Gasteiger charge is 2.08. The minimum Gasteiger partial charge on any atom is -0.478 e. The Hall–Kier alpha value is -2.50. The molecule has 6 nitrogen and oxygen atoms in total. The first-order valence-corrected chi connectivity index (χ1v) is 5.90. The second kappa shape index (κ2) is 5.43. The molecule has 0 atom stereocenters. The first-order chi connectivity index (χ1) is 9.10. The number of benzene rings is 1. The molecule has 0 saturated heterocycles. The molecule has 0 saturated carbocycles. The Kier molecular flexibility index (Phi) is 3.70. The van der Waals surface area contributed by atoms with Crippen molar-refractivity contribution in [3.8, 4) is 0 Å². The maximum Gasteiger partial charge on any atom is 0.337 e. The summed E-state index contributed by atoms with van der Waals surface area (Å²) in [5.74, 6) is 0.375. The predicted molar refractivity (Wildman–Crippen MR) is 71.0 cm³/mol. The number of nitrogens with zero attached hydrogens (tertiary/aromatic N) is 1. The zero-order chi connectivity index (χ0) is 13.8. The van der Waals surface area contributed by atoms with Gasteiger partial charge in [-0.05, 0) is 18.2 Å². The molecule has 0 spiro atoms. The smallest absolute Gasteiger partial charge is 0.337 e. The third-order valence-corrected chi connectivity index (χ3v) is 2.68. The number of nitrogen functional groups attached to an aromatic ring is 1. The Labute approximate surface area is 110 Å². The maximum absolute atomic E-state index is 10.8. The van der Waals surface area contributed by atoms with Crippen molar-refractivity contribution in [1.29, 1.82) is 0 Å². The van der Waals surface area contributed by atoms with Crippen LogP contribution in [0.2, 0.25) is 0 Å². The lowest BCUT2D eigenvalue weighted by Gasteiger charge is -2.06. The fourth-order valence-corrected chi connectivity index (χ4v) is 1.64. The fourth-order valence-electron chi connectivity index (χ4n) is 1.64. The Morgan fingerprint density at radius 3 is 2.89 bits per heavy atom. The monoisotopic (exact) mass is 261 g/mol. The lowest BCUT2D eigenvalue weighted by atomic mass is 10.1. The van der Waals surface area contributed by atoms with Crippen LogP contribution in [-0.4, -0.2) is 16.1 Å². The molecule has 100 valence electrons. The van der Waals surface area contributed by atoms with Crippen LogP contribution in [0.25, 0.3) is 0 Å². The number of oxazole rings is 1. The van der Waals surface area contributed by atoms with Crippen LogP contribution in [0, 0.1) is 0 Å². The molecule has 0 aliphatic rings. The first kappa shape index (κ1) is 12.9. The molecule has 4 N–H and O–H groups in total. The lowest BCUT2D eigenvalue weighted by molar-refractivity contribution is 0.0698. The number of hydrogen-bond acceptors (Lipinski definition) is 5. The molecule has 0 aliphatic heterocycles. The van der Waals surface area contributed by atoms with Crippen molar-refractivity contribution in [2.45, 2.75) is 19.9 Å². The van der Waals surface area contributed by atoms with Gasteiger partial charge >= 0.3 is 5.97 Å². The molecule has 0 radical (unpaired) electrons. The third kappa shape index (κ3) is 3.04. The van der Waals surface area contributed by atoms with Gasteiger partial charge in [-0.25, -0.2) is 9.78 Å². The van der Waals surface area contributed by atoms with Crippen LogP contribution in [0.4, 0.5) is 11.4 Å². The molecule has 6 heteroatoms. The second-order valence-electron chi connectivity index (χ2n) is 4.03. The van der Waals surface area contributed by atoms with Crippen LogP contribution in [0.15, 0.2) is 28.8 Å². The van der Waals surface area contributed by atoms with Crippen molar-refractivity contribution in [3.63, 3.8) is 0 Å². The van der Waals surface area contributed by atoms with Crippen LogP contribution >= 0.6 is 0 Å². The molecule has 19 heavy (non-hydrogen) atoms. The summed E-state index contributed by atoms with van der Waals surface area (Å²) in [6, 6.07) is 4.70. The number of aromatic carboxylic acids is 1. The van der Waals surface area contributed by atoms with Crippen molar-refractivity contribution in [2.75, 3.05) is 11.1 Å². The van der Waals surface area contributed by atoms with Crippen molar-refractivity contribution < 1.29 is 14.3 Å². The summed E-state index contributed by atoms with van der Waals surface area (Å²) in [6.45, 7) is 2.41. The zero-order valence-corrected chi connectivity index (χ0v) is 10.5. The number of carboxylic acids is 1. The van der Waals surface area contributed by atoms with Gasteiger partial charge in [-0.2, -0.15) is 0 Å². The minimum absolute atomic E-state index is 0.0925. The highest BCUT2D eigenvalue weighted by molar-refractivity contribution is 5.94. The molecular weight excluding hydrogens is 246 g/mol. The average molecular weight is 261 g/mol. The highest BCUT2D eigenvalue weighted by Crippen LogP contribution is 2.18. The molecular formula is C13H15N3O3. The molecule has 0 amide bonds. The van der Waals surface area contributed by atoms with Gasteiger partial charge in [0.15, 0.2) is 0 Å². The number of rotatable bonds is 5. The van der Waals surface area contributed by atoms with Crippen molar-refractivity contribution in [2.24, 2.45) is 0 Å². The summed E-state index contributed by atoms with van der Waals surface area (Å²) < 4.78 is 5.45. The summed E-state index contributed by atoms with van der Waals surface area (Å²) in [5, 5.41) is 11.9. The van der Waals surface area contributed by atoms with E-state index in [9.17, 15) is 4.79 Å². The van der Waals surface area contributed by atoms with E-state index < -0.39 is 5.97 Å². The van der Waals surface area contributed by atoms with E-state index >= 15 is 0 Å². The predicted octanol–water partition coefficient (Wildman–Crippen LogP) is 2.13. The number of carboxylic acid groups (broad SMARTS) is 1. The molecule has 1 aromatic carbocycles. The van der Waals surface area contributed by atoms with Crippen molar-refractivity contribution >= 4 is 17.3 Å². The van der Waals surface area contributed by atoms with E-state index in [-0.39, 0.29) is 11.3 Å². The molecule has 2 aromatic rings. The minimum atomic E-state index is -1.04. The largest absolute Gasteiger partial charge is 0.478 e. The van der Waals surface area contributed by atoms with E-state index in [1.165, 1.54) is 6.07 Å². The van der Waals surface area contributed by atoms with E-state index in [1.54, 1.807) is 18.3 Å². The number of hydrogen-bond donors (Lipinski definition) is 3. The van der Waals surface area contributed by atoms with Crippen LogP contribution < -0.4 is 11.1 Å². The molecule has 0 unspecified atom stereocenters. The summed E-state index contributed by atoms with van der Waals surface area (Å²) in [7, 11) is 0. The van der Waals surface area contributed by atoms with Gasteiger partial charge < -0.3 is 20.6 Å².